The lowest BCUT2D eigenvalue weighted by molar-refractivity contribution is -0.113. The molecule has 0 aliphatic carbocycles. The number of hydrogen-bond donors (Lipinski definition) is 1. The Balaban J connectivity index is 1.61. The van der Waals surface area contributed by atoms with Crippen LogP contribution in [-0.4, -0.2) is 33.5 Å². The van der Waals surface area contributed by atoms with Gasteiger partial charge in [-0.1, -0.05) is 68.4 Å². The predicted octanol–water partition coefficient (Wildman–Crippen LogP) is 6.76. The van der Waals surface area contributed by atoms with Crippen LogP contribution in [0.1, 0.15) is 26.3 Å². The molecule has 4 aromatic rings. The summed E-state index contributed by atoms with van der Waals surface area (Å²) in [6.07, 6.45) is 0. The number of carbonyl (C=O) groups excluding carboxylic acids is 1. The van der Waals surface area contributed by atoms with Gasteiger partial charge in [0, 0.05) is 16.9 Å². The van der Waals surface area contributed by atoms with Gasteiger partial charge in [0.1, 0.15) is 11.6 Å². The number of thioether (sulfide) groups is 1. The molecule has 186 valence electrons. The lowest BCUT2D eigenvalue weighted by Gasteiger charge is -2.19. The van der Waals surface area contributed by atoms with Gasteiger partial charge in [0.15, 0.2) is 11.0 Å². The van der Waals surface area contributed by atoms with E-state index in [1.54, 1.807) is 7.11 Å². The number of benzene rings is 3. The van der Waals surface area contributed by atoms with Crippen LogP contribution in [0.25, 0.3) is 17.1 Å². The largest absolute Gasteiger partial charge is 0.497 e. The Bertz CT molecular complexity index is 1370. The highest BCUT2D eigenvalue weighted by Gasteiger charge is 2.19. The fourth-order valence-electron chi connectivity index (χ4n) is 3.53. The number of halogens is 2. The van der Waals surface area contributed by atoms with Crippen LogP contribution in [-0.2, 0) is 10.2 Å². The quantitative estimate of drug-likeness (QED) is 0.270. The van der Waals surface area contributed by atoms with Gasteiger partial charge in [-0.15, -0.1) is 10.2 Å². The van der Waals surface area contributed by atoms with Crippen molar-refractivity contribution in [2.24, 2.45) is 0 Å². The summed E-state index contributed by atoms with van der Waals surface area (Å²) in [6, 6.07) is 19.9. The van der Waals surface area contributed by atoms with Gasteiger partial charge < -0.3 is 10.1 Å². The van der Waals surface area contributed by atoms with Crippen molar-refractivity contribution >= 4 is 35.0 Å². The molecule has 0 saturated carbocycles. The predicted molar refractivity (Wildman–Crippen MR) is 143 cm³/mol. The van der Waals surface area contributed by atoms with Crippen LogP contribution in [0.3, 0.4) is 0 Å². The highest BCUT2D eigenvalue weighted by molar-refractivity contribution is 7.99. The first kappa shape index (κ1) is 25.7. The van der Waals surface area contributed by atoms with E-state index in [-0.39, 0.29) is 22.1 Å². The first-order chi connectivity index (χ1) is 17.2. The Morgan fingerprint density at radius 3 is 2.36 bits per heavy atom. The first-order valence-electron chi connectivity index (χ1n) is 11.2. The summed E-state index contributed by atoms with van der Waals surface area (Å²) in [5.41, 5.74) is 3.41. The topological polar surface area (TPSA) is 69.0 Å². The summed E-state index contributed by atoms with van der Waals surface area (Å²) in [5.74, 6) is 0.651. The SMILES string of the molecule is COc1ccc(-n2c(SCC(=O)Nc3ccc(F)c(Cl)c3)nnc2-c2ccc(C(C)(C)C)cc2)cc1. The summed E-state index contributed by atoms with van der Waals surface area (Å²) in [5, 5.41) is 12.1. The molecule has 0 fully saturated rings. The molecule has 9 heteroatoms. The summed E-state index contributed by atoms with van der Waals surface area (Å²) in [4.78, 5) is 12.6. The lowest BCUT2D eigenvalue weighted by atomic mass is 9.87. The fraction of sp³-hybridized carbons (Fsp3) is 0.222. The van der Waals surface area contributed by atoms with Crippen LogP contribution in [0.15, 0.2) is 71.9 Å². The van der Waals surface area contributed by atoms with E-state index in [1.807, 2.05) is 41.0 Å². The van der Waals surface area contributed by atoms with Crippen molar-refractivity contribution in [1.82, 2.24) is 14.8 Å². The third kappa shape index (κ3) is 5.88. The van der Waals surface area contributed by atoms with Crippen LogP contribution in [0.4, 0.5) is 10.1 Å². The van der Waals surface area contributed by atoms with E-state index in [2.05, 4.69) is 48.4 Å². The van der Waals surface area contributed by atoms with Gasteiger partial charge in [-0.3, -0.25) is 9.36 Å². The molecule has 6 nitrogen and oxygen atoms in total. The smallest absolute Gasteiger partial charge is 0.234 e. The van der Waals surface area contributed by atoms with Gasteiger partial charge in [0.05, 0.1) is 17.9 Å². The Morgan fingerprint density at radius 2 is 1.75 bits per heavy atom. The minimum Gasteiger partial charge on any atom is -0.497 e. The second-order valence-corrected chi connectivity index (χ2v) is 10.5. The second-order valence-electron chi connectivity index (χ2n) is 9.13. The molecule has 0 saturated heterocycles. The van der Waals surface area contributed by atoms with Crippen LogP contribution in [0, 0.1) is 5.82 Å². The number of carbonyl (C=O) groups is 1. The van der Waals surface area contributed by atoms with Crippen LogP contribution in [0.2, 0.25) is 5.02 Å². The van der Waals surface area contributed by atoms with Gasteiger partial charge in [-0.05, 0) is 53.4 Å². The van der Waals surface area contributed by atoms with Crippen molar-refractivity contribution in [2.45, 2.75) is 31.3 Å². The standard InChI is InChI=1S/C27H26ClFN4O2S/c1-27(2,3)18-7-5-17(6-8-18)25-31-32-26(33(25)20-10-12-21(35-4)13-11-20)36-16-24(34)30-19-9-14-23(29)22(28)15-19/h5-15H,16H2,1-4H3,(H,30,34). The third-order valence-corrected chi connectivity index (χ3v) is 6.73. The van der Waals surface area contributed by atoms with E-state index in [0.717, 1.165) is 17.0 Å². The van der Waals surface area contributed by atoms with Crippen LogP contribution in [0.5, 0.6) is 5.75 Å². The Labute approximate surface area is 218 Å². The molecule has 1 heterocycles. The number of amides is 1. The minimum atomic E-state index is -0.542. The average Bonchev–Trinajstić information content (AvgIpc) is 3.28. The summed E-state index contributed by atoms with van der Waals surface area (Å²) in [7, 11) is 1.62. The van der Waals surface area contributed by atoms with Crippen molar-refractivity contribution < 1.29 is 13.9 Å². The van der Waals surface area contributed by atoms with E-state index in [0.29, 0.717) is 16.7 Å². The van der Waals surface area contributed by atoms with Crippen molar-refractivity contribution in [3.8, 4) is 22.8 Å². The Hall–Kier alpha value is -3.36. The lowest BCUT2D eigenvalue weighted by Crippen LogP contribution is -2.14. The van der Waals surface area contributed by atoms with E-state index in [4.69, 9.17) is 16.3 Å². The van der Waals surface area contributed by atoms with Gasteiger partial charge in [-0.2, -0.15) is 0 Å². The van der Waals surface area contributed by atoms with Crippen molar-refractivity contribution in [3.63, 3.8) is 0 Å². The number of methoxy groups -OCH3 is 1. The minimum absolute atomic E-state index is 0.0330. The van der Waals surface area contributed by atoms with Gasteiger partial charge >= 0.3 is 0 Å². The number of rotatable bonds is 7. The molecule has 1 amide bonds. The van der Waals surface area contributed by atoms with E-state index >= 15 is 0 Å². The fourth-order valence-corrected chi connectivity index (χ4v) is 4.47. The average molecular weight is 525 g/mol. The molecular formula is C27H26ClFN4O2S. The maximum absolute atomic E-state index is 13.4. The first-order valence-corrected chi connectivity index (χ1v) is 12.6. The molecule has 0 unspecified atom stereocenters. The maximum atomic E-state index is 13.4. The molecule has 0 spiro atoms. The van der Waals surface area contributed by atoms with E-state index in [9.17, 15) is 9.18 Å². The number of nitrogens with zero attached hydrogens (tertiary/aromatic N) is 3. The molecule has 3 aromatic carbocycles. The Morgan fingerprint density at radius 1 is 1.06 bits per heavy atom. The summed E-state index contributed by atoms with van der Waals surface area (Å²) in [6.45, 7) is 6.50. The van der Waals surface area contributed by atoms with Crippen molar-refractivity contribution in [2.75, 3.05) is 18.2 Å². The molecule has 1 aromatic heterocycles. The molecule has 0 aliphatic heterocycles. The van der Waals surface area contributed by atoms with Crippen molar-refractivity contribution in [3.05, 3.63) is 83.1 Å². The monoisotopic (exact) mass is 524 g/mol. The zero-order chi connectivity index (χ0) is 25.9. The third-order valence-electron chi connectivity index (χ3n) is 5.51. The maximum Gasteiger partial charge on any atom is 0.234 e. The van der Waals surface area contributed by atoms with E-state index in [1.165, 1.54) is 35.5 Å². The van der Waals surface area contributed by atoms with E-state index < -0.39 is 5.82 Å². The summed E-state index contributed by atoms with van der Waals surface area (Å²) < 4.78 is 20.6. The molecule has 4 rings (SSSR count). The molecule has 0 radical (unpaired) electrons. The zero-order valence-corrected chi connectivity index (χ0v) is 22.0. The number of ether oxygens (including phenoxy) is 1. The number of aromatic nitrogens is 3. The van der Waals surface area contributed by atoms with Crippen LogP contribution < -0.4 is 10.1 Å². The Kier molecular flexibility index (Phi) is 7.66. The molecule has 0 aliphatic rings. The zero-order valence-electron chi connectivity index (χ0n) is 20.4. The van der Waals surface area contributed by atoms with Crippen LogP contribution >= 0.6 is 23.4 Å². The number of hydrogen-bond acceptors (Lipinski definition) is 5. The molecule has 36 heavy (non-hydrogen) atoms. The number of nitrogens with one attached hydrogen (secondary N) is 1. The molecule has 0 bridgehead atoms. The molecule has 1 N–H and O–H groups in total. The molecule has 0 atom stereocenters. The second kappa shape index (κ2) is 10.7. The molecular weight excluding hydrogens is 499 g/mol. The number of anilines is 1. The summed E-state index contributed by atoms with van der Waals surface area (Å²) >= 11 is 7.06. The normalized spacial score (nSPS) is 11.4. The van der Waals surface area contributed by atoms with Gasteiger partial charge in [-0.25, -0.2) is 4.39 Å². The van der Waals surface area contributed by atoms with Gasteiger partial charge in [0.25, 0.3) is 0 Å². The van der Waals surface area contributed by atoms with Gasteiger partial charge in [0.2, 0.25) is 5.91 Å². The highest BCUT2D eigenvalue weighted by Crippen LogP contribution is 2.31. The van der Waals surface area contributed by atoms with Crippen molar-refractivity contribution in [1.29, 1.82) is 0 Å². The highest BCUT2D eigenvalue weighted by atomic mass is 35.5.